The highest BCUT2D eigenvalue weighted by molar-refractivity contribution is 14.1. The standard InChI is InChI=1S/C10H9ClIN3O2S/c1-6-13-5-10(14-6)18(16,17)15-9-3-2-7(11)4-8(9)12/h2-5,15H,1H3,(H,13,14). The van der Waals surface area contributed by atoms with Crippen LogP contribution in [0.5, 0.6) is 0 Å². The third-order valence-electron chi connectivity index (χ3n) is 2.14. The summed E-state index contributed by atoms with van der Waals surface area (Å²) in [7, 11) is -3.64. The van der Waals surface area contributed by atoms with Gasteiger partial charge < -0.3 is 4.98 Å². The number of halogens is 2. The number of sulfonamides is 1. The second-order valence-corrected chi connectivity index (χ2v) is 6.81. The lowest BCUT2D eigenvalue weighted by Gasteiger charge is -2.08. The maximum Gasteiger partial charge on any atom is 0.279 e. The smallest absolute Gasteiger partial charge is 0.279 e. The van der Waals surface area contributed by atoms with E-state index in [9.17, 15) is 8.42 Å². The first-order valence-electron chi connectivity index (χ1n) is 4.88. The molecule has 2 rings (SSSR count). The van der Waals surface area contributed by atoms with Gasteiger partial charge in [0.2, 0.25) is 0 Å². The number of nitrogens with zero attached hydrogens (tertiary/aromatic N) is 1. The van der Waals surface area contributed by atoms with Crippen molar-refractivity contribution in [2.24, 2.45) is 0 Å². The Hall–Kier alpha value is -0.800. The first kappa shape index (κ1) is 13.6. The highest BCUT2D eigenvalue weighted by atomic mass is 127. The van der Waals surface area contributed by atoms with Gasteiger partial charge in [-0.2, -0.15) is 8.42 Å². The largest absolute Gasteiger partial charge is 0.332 e. The van der Waals surface area contributed by atoms with Crippen LogP contribution in [0, 0.1) is 10.5 Å². The average molecular weight is 398 g/mol. The van der Waals surface area contributed by atoms with Gasteiger partial charge in [-0.25, -0.2) is 4.98 Å². The van der Waals surface area contributed by atoms with Gasteiger partial charge in [-0.05, 0) is 47.7 Å². The normalized spacial score (nSPS) is 11.5. The molecule has 0 atom stereocenters. The summed E-state index contributed by atoms with van der Waals surface area (Å²) in [6.07, 6.45) is 1.28. The lowest BCUT2D eigenvalue weighted by atomic mass is 10.3. The molecule has 0 fully saturated rings. The molecule has 0 saturated carbocycles. The Morgan fingerprint density at radius 3 is 2.72 bits per heavy atom. The fourth-order valence-corrected chi connectivity index (χ4v) is 3.55. The van der Waals surface area contributed by atoms with Crippen LogP contribution in [-0.4, -0.2) is 18.4 Å². The quantitative estimate of drug-likeness (QED) is 0.782. The Bertz CT molecular complexity index is 684. The molecule has 1 heterocycles. The van der Waals surface area contributed by atoms with Crippen molar-refractivity contribution in [2.45, 2.75) is 11.9 Å². The van der Waals surface area contributed by atoms with Crippen molar-refractivity contribution < 1.29 is 8.42 Å². The molecule has 5 nitrogen and oxygen atoms in total. The van der Waals surface area contributed by atoms with Crippen molar-refractivity contribution in [1.29, 1.82) is 0 Å². The van der Waals surface area contributed by atoms with Gasteiger partial charge in [-0.3, -0.25) is 4.72 Å². The molecule has 0 unspecified atom stereocenters. The molecule has 0 saturated heterocycles. The van der Waals surface area contributed by atoms with Crippen LogP contribution in [0.4, 0.5) is 5.69 Å². The minimum Gasteiger partial charge on any atom is -0.332 e. The van der Waals surface area contributed by atoms with Crippen molar-refractivity contribution in [3.05, 3.63) is 38.8 Å². The molecule has 0 aliphatic heterocycles. The van der Waals surface area contributed by atoms with Crippen molar-refractivity contribution in [1.82, 2.24) is 9.97 Å². The number of aromatic nitrogens is 2. The third-order valence-corrected chi connectivity index (χ3v) is 4.55. The van der Waals surface area contributed by atoms with Gasteiger partial charge in [0.15, 0.2) is 5.03 Å². The zero-order chi connectivity index (χ0) is 13.3. The summed E-state index contributed by atoms with van der Waals surface area (Å²) < 4.78 is 27.3. The molecule has 0 bridgehead atoms. The number of imidazole rings is 1. The Morgan fingerprint density at radius 1 is 1.44 bits per heavy atom. The lowest BCUT2D eigenvalue weighted by Crippen LogP contribution is -2.14. The molecule has 0 spiro atoms. The molecule has 96 valence electrons. The van der Waals surface area contributed by atoms with Crippen LogP contribution in [0.15, 0.2) is 29.4 Å². The maximum atomic E-state index is 12.0. The first-order chi connectivity index (χ1) is 8.38. The summed E-state index contributed by atoms with van der Waals surface area (Å²) >= 11 is 7.82. The predicted molar refractivity (Wildman–Crippen MR) is 78.3 cm³/mol. The van der Waals surface area contributed by atoms with Crippen molar-refractivity contribution in [2.75, 3.05) is 4.72 Å². The van der Waals surface area contributed by atoms with Gasteiger partial charge in [0.25, 0.3) is 10.0 Å². The number of anilines is 1. The van der Waals surface area contributed by atoms with Crippen molar-refractivity contribution in [3.8, 4) is 0 Å². The van der Waals surface area contributed by atoms with E-state index in [-0.39, 0.29) is 5.03 Å². The van der Waals surface area contributed by atoms with E-state index in [0.717, 1.165) is 3.57 Å². The fourth-order valence-electron chi connectivity index (χ4n) is 1.31. The number of aryl methyl sites for hydroxylation is 1. The highest BCUT2D eigenvalue weighted by Gasteiger charge is 2.17. The van der Waals surface area contributed by atoms with E-state index in [1.807, 2.05) is 22.6 Å². The fraction of sp³-hybridized carbons (Fsp3) is 0.100. The second-order valence-electron chi connectivity index (χ2n) is 3.56. The van der Waals surface area contributed by atoms with Gasteiger partial charge in [0.1, 0.15) is 5.82 Å². The van der Waals surface area contributed by atoms with Crippen LogP contribution in [0.1, 0.15) is 5.82 Å². The van der Waals surface area contributed by atoms with Gasteiger partial charge >= 0.3 is 0 Å². The molecule has 0 aliphatic rings. The minimum absolute atomic E-state index is 0.0331. The molecule has 2 N–H and O–H groups in total. The van der Waals surface area contributed by atoms with Crippen LogP contribution in [0.2, 0.25) is 5.02 Å². The van der Waals surface area contributed by atoms with Gasteiger partial charge in [-0.15, -0.1) is 0 Å². The summed E-state index contributed by atoms with van der Waals surface area (Å²) in [5.41, 5.74) is 0.479. The lowest BCUT2D eigenvalue weighted by molar-refractivity contribution is 0.598. The van der Waals surface area contributed by atoms with Crippen LogP contribution >= 0.6 is 34.2 Å². The molecular formula is C10H9ClIN3O2S. The first-order valence-corrected chi connectivity index (χ1v) is 7.82. The monoisotopic (exact) mass is 397 g/mol. The number of hydrogen-bond acceptors (Lipinski definition) is 3. The molecule has 18 heavy (non-hydrogen) atoms. The molecule has 0 aliphatic carbocycles. The second kappa shape index (κ2) is 5.06. The topological polar surface area (TPSA) is 74.8 Å². The number of benzene rings is 1. The summed E-state index contributed by atoms with van der Waals surface area (Å²) in [5, 5.41) is 0.588. The molecule has 1 aromatic carbocycles. The van der Waals surface area contributed by atoms with E-state index in [4.69, 9.17) is 11.6 Å². The predicted octanol–water partition coefficient (Wildman–Crippen LogP) is 2.78. The number of H-pyrrole nitrogens is 1. The molecule has 2 aromatic rings. The summed E-state index contributed by atoms with van der Waals surface area (Å²) in [4.78, 5) is 6.54. The SMILES string of the molecule is Cc1ncc(S(=O)(=O)Nc2ccc(Cl)cc2I)[nH]1. The maximum absolute atomic E-state index is 12.0. The Kier molecular flexibility index (Phi) is 3.83. The van der Waals surface area contributed by atoms with Crippen LogP contribution in [-0.2, 0) is 10.0 Å². The Morgan fingerprint density at radius 2 is 2.17 bits per heavy atom. The van der Waals surface area contributed by atoms with Gasteiger partial charge in [0.05, 0.1) is 11.9 Å². The van der Waals surface area contributed by atoms with E-state index >= 15 is 0 Å². The minimum atomic E-state index is -3.64. The van der Waals surface area contributed by atoms with Crippen LogP contribution in [0.3, 0.4) is 0 Å². The van der Waals surface area contributed by atoms with E-state index < -0.39 is 10.0 Å². The van der Waals surface area contributed by atoms with Crippen LogP contribution < -0.4 is 4.72 Å². The Labute approximate surface area is 123 Å². The third kappa shape index (κ3) is 2.96. The van der Waals surface area contributed by atoms with Crippen LogP contribution in [0.25, 0.3) is 0 Å². The van der Waals surface area contributed by atoms with Gasteiger partial charge in [0, 0.05) is 8.59 Å². The zero-order valence-corrected chi connectivity index (χ0v) is 13.0. The Balaban J connectivity index is 2.33. The van der Waals surface area contributed by atoms with E-state index in [1.165, 1.54) is 6.20 Å². The van der Waals surface area contributed by atoms with E-state index in [2.05, 4.69) is 14.7 Å². The van der Waals surface area contributed by atoms with Crippen molar-refractivity contribution in [3.63, 3.8) is 0 Å². The van der Waals surface area contributed by atoms with Crippen molar-refractivity contribution >= 4 is 49.9 Å². The number of rotatable bonds is 3. The average Bonchev–Trinajstić information content (AvgIpc) is 2.70. The summed E-state index contributed by atoms with van der Waals surface area (Å²) in [5.74, 6) is 0.543. The zero-order valence-electron chi connectivity index (χ0n) is 9.24. The number of nitrogens with one attached hydrogen (secondary N) is 2. The van der Waals surface area contributed by atoms with E-state index in [0.29, 0.717) is 16.5 Å². The molecule has 0 amide bonds. The van der Waals surface area contributed by atoms with Gasteiger partial charge in [-0.1, -0.05) is 11.6 Å². The summed E-state index contributed by atoms with van der Waals surface area (Å²) in [6.45, 7) is 1.69. The van der Waals surface area contributed by atoms with E-state index in [1.54, 1.807) is 25.1 Å². The highest BCUT2D eigenvalue weighted by Crippen LogP contribution is 2.24. The number of aromatic amines is 1. The number of hydrogen-bond donors (Lipinski definition) is 2. The molecule has 0 radical (unpaired) electrons. The summed E-state index contributed by atoms with van der Waals surface area (Å²) in [6, 6.07) is 4.92. The molecular weight excluding hydrogens is 389 g/mol. The molecule has 8 heteroatoms. The molecule has 1 aromatic heterocycles.